The lowest BCUT2D eigenvalue weighted by atomic mass is 9.80. The lowest BCUT2D eigenvalue weighted by molar-refractivity contribution is 0.300. The van der Waals surface area contributed by atoms with Crippen molar-refractivity contribution in [3.63, 3.8) is 0 Å². The Hall–Kier alpha value is -1.55. The molecule has 1 aromatic heterocycles. The molecule has 5 heteroatoms. The molecular formula is C16H20ClN3O. The number of hydrogen-bond acceptors (Lipinski definition) is 4. The van der Waals surface area contributed by atoms with Gasteiger partial charge in [-0.15, -0.1) is 0 Å². The minimum absolute atomic E-state index is 0.404. The van der Waals surface area contributed by atoms with Gasteiger partial charge in [-0.1, -0.05) is 42.9 Å². The summed E-state index contributed by atoms with van der Waals surface area (Å²) in [5.74, 6) is 2.45. The lowest BCUT2D eigenvalue weighted by Crippen LogP contribution is -2.14. The third kappa shape index (κ3) is 3.05. The molecule has 1 heterocycles. The van der Waals surface area contributed by atoms with Crippen LogP contribution < -0.4 is 5.73 Å². The van der Waals surface area contributed by atoms with Gasteiger partial charge < -0.3 is 10.3 Å². The lowest BCUT2D eigenvalue weighted by Gasteiger charge is -2.26. The van der Waals surface area contributed by atoms with Crippen LogP contribution >= 0.6 is 11.6 Å². The van der Waals surface area contributed by atoms with Crippen LogP contribution in [-0.4, -0.2) is 10.1 Å². The molecule has 4 nitrogen and oxygen atoms in total. The summed E-state index contributed by atoms with van der Waals surface area (Å²) in [4.78, 5) is 4.56. The Kier molecular flexibility index (Phi) is 4.15. The molecule has 0 radical (unpaired) electrons. The molecule has 0 saturated heterocycles. The van der Waals surface area contributed by atoms with Crippen LogP contribution in [0.2, 0.25) is 5.02 Å². The van der Waals surface area contributed by atoms with Crippen LogP contribution in [-0.2, 0) is 0 Å². The fourth-order valence-electron chi connectivity index (χ4n) is 3.11. The van der Waals surface area contributed by atoms with Crippen molar-refractivity contribution in [2.45, 2.75) is 44.9 Å². The number of nitrogen functional groups attached to an aromatic ring is 1. The summed E-state index contributed by atoms with van der Waals surface area (Å²) >= 11 is 6.19. The third-order valence-corrected chi connectivity index (χ3v) is 4.72. The molecule has 0 amide bonds. The van der Waals surface area contributed by atoms with Crippen LogP contribution in [0.3, 0.4) is 0 Å². The van der Waals surface area contributed by atoms with Crippen molar-refractivity contribution in [3.05, 3.63) is 29.0 Å². The molecule has 0 bridgehead atoms. The number of anilines is 1. The van der Waals surface area contributed by atoms with E-state index in [9.17, 15) is 0 Å². The molecule has 2 atom stereocenters. The summed E-state index contributed by atoms with van der Waals surface area (Å²) in [5, 5.41) is 4.75. The number of hydrogen-bond donors (Lipinski definition) is 1. The summed E-state index contributed by atoms with van der Waals surface area (Å²) in [5.41, 5.74) is 7.15. The highest BCUT2D eigenvalue weighted by Gasteiger charge is 2.26. The fourth-order valence-corrected chi connectivity index (χ4v) is 3.31. The monoisotopic (exact) mass is 305 g/mol. The first-order valence-corrected chi connectivity index (χ1v) is 7.94. The molecule has 1 aromatic carbocycles. The van der Waals surface area contributed by atoms with E-state index in [4.69, 9.17) is 21.9 Å². The van der Waals surface area contributed by atoms with Gasteiger partial charge in [-0.25, -0.2) is 0 Å². The molecule has 0 spiro atoms. The molecule has 2 N–H and O–H groups in total. The predicted octanol–water partition coefficient (Wildman–Crippen LogP) is 4.66. The molecule has 3 rings (SSSR count). The molecule has 2 unspecified atom stereocenters. The van der Waals surface area contributed by atoms with Gasteiger partial charge in [-0.3, -0.25) is 0 Å². The minimum atomic E-state index is 0.404. The highest BCUT2D eigenvalue weighted by Crippen LogP contribution is 2.37. The third-order valence-electron chi connectivity index (χ3n) is 4.39. The van der Waals surface area contributed by atoms with E-state index in [0.29, 0.717) is 28.1 Å². The smallest absolute Gasteiger partial charge is 0.259 e. The van der Waals surface area contributed by atoms with Crippen LogP contribution in [0, 0.1) is 5.92 Å². The quantitative estimate of drug-likeness (QED) is 0.838. The first-order chi connectivity index (χ1) is 10.2. The second-order valence-electron chi connectivity index (χ2n) is 5.83. The highest BCUT2D eigenvalue weighted by atomic mass is 35.5. The van der Waals surface area contributed by atoms with E-state index in [1.54, 1.807) is 18.2 Å². The molecule has 21 heavy (non-hydrogen) atoms. The van der Waals surface area contributed by atoms with E-state index < -0.39 is 0 Å². The Morgan fingerprint density at radius 2 is 2.24 bits per heavy atom. The maximum atomic E-state index is 6.19. The number of aromatic nitrogens is 2. The van der Waals surface area contributed by atoms with E-state index in [2.05, 4.69) is 17.1 Å². The van der Waals surface area contributed by atoms with Crippen LogP contribution in [0.1, 0.15) is 50.8 Å². The Bertz CT molecular complexity index is 626. The van der Waals surface area contributed by atoms with Crippen molar-refractivity contribution in [2.24, 2.45) is 5.92 Å². The van der Waals surface area contributed by atoms with Crippen LogP contribution in [0.5, 0.6) is 0 Å². The number of rotatable bonds is 3. The van der Waals surface area contributed by atoms with Crippen molar-refractivity contribution in [1.82, 2.24) is 10.1 Å². The standard InChI is InChI=1S/C16H20ClN3O/c1-2-10-4-3-5-11(8-10)15-19-16(21-20-15)13-9-12(18)6-7-14(13)17/h6-7,9-11H,2-5,8,18H2,1H3. The zero-order valence-electron chi connectivity index (χ0n) is 12.2. The van der Waals surface area contributed by atoms with E-state index >= 15 is 0 Å². The van der Waals surface area contributed by atoms with Crippen molar-refractivity contribution in [3.8, 4) is 11.5 Å². The van der Waals surface area contributed by atoms with E-state index in [0.717, 1.165) is 24.6 Å². The van der Waals surface area contributed by atoms with E-state index in [1.807, 2.05) is 0 Å². The first-order valence-electron chi connectivity index (χ1n) is 7.56. The van der Waals surface area contributed by atoms with Gasteiger partial charge in [-0.05, 0) is 37.0 Å². The van der Waals surface area contributed by atoms with Crippen molar-refractivity contribution < 1.29 is 4.52 Å². The van der Waals surface area contributed by atoms with Gasteiger partial charge in [0.1, 0.15) is 0 Å². The highest BCUT2D eigenvalue weighted by molar-refractivity contribution is 6.33. The van der Waals surface area contributed by atoms with Gasteiger partial charge in [0.2, 0.25) is 0 Å². The second-order valence-corrected chi connectivity index (χ2v) is 6.24. The van der Waals surface area contributed by atoms with E-state index in [1.165, 1.54) is 19.3 Å². The fraction of sp³-hybridized carbons (Fsp3) is 0.500. The molecule has 0 aliphatic heterocycles. The van der Waals surface area contributed by atoms with Crippen LogP contribution in [0.25, 0.3) is 11.5 Å². The van der Waals surface area contributed by atoms with Gasteiger partial charge in [0.15, 0.2) is 5.82 Å². The van der Waals surface area contributed by atoms with Gasteiger partial charge in [0.05, 0.1) is 10.6 Å². The average molecular weight is 306 g/mol. The normalized spacial score (nSPS) is 22.4. The summed E-state index contributed by atoms with van der Waals surface area (Å²) in [6.45, 7) is 2.25. The zero-order chi connectivity index (χ0) is 14.8. The van der Waals surface area contributed by atoms with E-state index in [-0.39, 0.29) is 0 Å². The zero-order valence-corrected chi connectivity index (χ0v) is 12.9. The summed E-state index contributed by atoms with van der Waals surface area (Å²) in [7, 11) is 0. The molecule has 112 valence electrons. The molecule has 1 aliphatic rings. The molecule has 1 aliphatic carbocycles. The average Bonchev–Trinajstić information content (AvgIpc) is 2.99. The van der Waals surface area contributed by atoms with Gasteiger partial charge in [-0.2, -0.15) is 4.98 Å². The summed E-state index contributed by atoms with van der Waals surface area (Å²) in [6, 6.07) is 5.29. The summed E-state index contributed by atoms with van der Waals surface area (Å²) in [6.07, 6.45) is 6.08. The largest absolute Gasteiger partial charge is 0.399 e. The minimum Gasteiger partial charge on any atom is -0.399 e. The number of benzene rings is 1. The SMILES string of the molecule is CCC1CCCC(c2noc(-c3cc(N)ccc3Cl)n2)C1. The number of nitrogens with two attached hydrogens (primary N) is 1. The second kappa shape index (κ2) is 6.06. The maximum Gasteiger partial charge on any atom is 0.259 e. The Morgan fingerprint density at radius 3 is 3.05 bits per heavy atom. The van der Waals surface area contributed by atoms with Crippen LogP contribution in [0.15, 0.2) is 22.7 Å². The molecule has 1 fully saturated rings. The molecule has 1 saturated carbocycles. The van der Waals surface area contributed by atoms with Crippen molar-refractivity contribution >= 4 is 17.3 Å². The Labute approximate surface area is 129 Å². The predicted molar refractivity (Wildman–Crippen MR) is 84.1 cm³/mol. The topological polar surface area (TPSA) is 64.9 Å². The first kappa shape index (κ1) is 14.4. The maximum absolute atomic E-state index is 6.19. The van der Waals surface area contributed by atoms with Crippen molar-refractivity contribution in [1.29, 1.82) is 0 Å². The van der Waals surface area contributed by atoms with Gasteiger partial charge in [0, 0.05) is 11.6 Å². The summed E-state index contributed by atoms with van der Waals surface area (Å²) < 4.78 is 5.41. The number of nitrogens with zero attached hydrogens (tertiary/aromatic N) is 2. The van der Waals surface area contributed by atoms with Crippen molar-refractivity contribution in [2.75, 3.05) is 5.73 Å². The van der Waals surface area contributed by atoms with Crippen LogP contribution in [0.4, 0.5) is 5.69 Å². The Morgan fingerprint density at radius 1 is 1.38 bits per heavy atom. The van der Waals surface area contributed by atoms with Gasteiger partial charge >= 0.3 is 0 Å². The molecular weight excluding hydrogens is 286 g/mol. The Balaban J connectivity index is 1.84. The number of halogens is 1. The molecule has 2 aromatic rings. The van der Waals surface area contributed by atoms with Gasteiger partial charge in [0.25, 0.3) is 5.89 Å².